The van der Waals surface area contributed by atoms with Crippen molar-refractivity contribution in [1.82, 2.24) is 15.2 Å². The molecule has 0 fully saturated rings. The molecule has 0 aliphatic rings. The molecule has 0 aliphatic heterocycles. The van der Waals surface area contributed by atoms with Crippen LogP contribution in [0.15, 0.2) is 18.3 Å². The van der Waals surface area contributed by atoms with Crippen LogP contribution in [-0.4, -0.2) is 42.2 Å². The van der Waals surface area contributed by atoms with Crippen molar-refractivity contribution >= 4 is 23.1 Å². The quantitative estimate of drug-likeness (QED) is 0.772. The van der Waals surface area contributed by atoms with Gasteiger partial charge in [0.05, 0.1) is 0 Å². The molecule has 5 heteroatoms. The molecule has 0 saturated carbocycles. The van der Waals surface area contributed by atoms with E-state index in [2.05, 4.69) is 20.5 Å². The number of rotatable bonds is 4. The Bertz CT molecular complexity index is 352. The summed E-state index contributed by atoms with van der Waals surface area (Å²) in [6, 6.07) is 3.90. The largest absolute Gasteiger partial charge is 0.361 e. The number of aromatic nitrogens is 1. The highest BCUT2D eigenvalue weighted by molar-refractivity contribution is 7.80. The van der Waals surface area contributed by atoms with Gasteiger partial charge in [-0.3, -0.25) is 0 Å². The second-order valence-electron chi connectivity index (χ2n) is 3.85. The van der Waals surface area contributed by atoms with Gasteiger partial charge in [-0.05, 0) is 44.9 Å². The van der Waals surface area contributed by atoms with Gasteiger partial charge in [0, 0.05) is 19.3 Å². The minimum atomic E-state index is 0.614. The average Bonchev–Trinajstić information content (AvgIpc) is 2.21. The summed E-state index contributed by atoms with van der Waals surface area (Å²) >= 11 is 5.17. The molecule has 0 atom stereocenters. The highest BCUT2D eigenvalue weighted by atomic mass is 32.1. The number of aryl methyl sites for hydroxylation is 1. The predicted octanol–water partition coefficient (Wildman–Crippen LogP) is 1.24. The first-order chi connectivity index (χ1) is 7.59. The van der Waals surface area contributed by atoms with Crippen LogP contribution in [0.4, 0.5) is 5.82 Å². The summed E-state index contributed by atoms with van der Waals surface area (Å²) in [6.45, 7) is 3.77. The van der Waals surface area contributed by atoms with E-state index in [0.29, 0.717) is 5.11 Å². The molecule has 88 valence electrons. The molecule has 1 aromatic rings. The van der Waals surface area contributed by atoms with Crippen molar-refractivity contribution in [2.45, 2.75) is 6.92 Å². The summed E-state index contributed by atoms with van der Waals surface area (Å²) in [5.41, 5.74) is 1.08. The van der Waals surface area contributed by atoms with Crippen LogP contribution in [0.1, 0.15) is 5.56 Å². The maximum atomic E-state index is 5.17. The lowest BCUT2D eigenvalue weighted by atomic mass is 10.3. The molecule has 0 amide bonds. The van der Waals surface area contributed by atoms with E-state index in [9.17, 15) is 0 Å². The molecule has 2 N–H and O–H groups in total. The third-order valence-corrected chi connectivity index (χ3v) is 2.33. The molecule has 1 aromatic heterocycles. The van der Waals surface area contributed by atoms with E-state index in [1.54, 1.807) is 6.20 Å². The lowest BCUT2D eigenvalue weighted by molar-refractivity contribution is 0.413. The normalized spacial score (nSPS) is 10.2. The Balaban J connectivity index is 2.37. The summed E-state index contributed by atoms with van der Waals surface area (Å²) in [4.78, 5) is 6.31. The molecule has 1 heterocycles. The van der Waals surface area contributed by atoms with Gasteiger partial charge in [0.25, 0.3) is 0 Å². The molecule has 1 rings (SSSR count). The van der Waals surface area contributed by atoms with E-state index in [4.69, 9.17) is 12.2 Å². The maximum absolute atomic E-state index is 5.17. The minimum absolute atomic E-state index is 0.614. The monoisotopic (exact) mass is 238 g/mol. The van der Waals surface area contributed by atoms with Crippen molar-refractivity contribution in [3.05, 3.63) is 23.9 Å². The van der Waals surface area contributed by atoms with E-state index in [-0.39, 0.29) is 0 Å². The second kappa shape index (κ2) is 6.40. The fourth-order valence-corrected chi connectivity index (χ4v) is 1.36. The van der Waals surface area contributed by atoms with Crippen LogP contribution in [-0.2, 0) is 0 Å². The number of hydrogen-bond donors (Lipinski definition) is 2. The summed E-state index contributed by atoms with van der Waals surface area (Å²) in [6.07, 6.45) is 1.75. The van der Waals surface area contributed by atoms with Crippen LogP contribution in [0.5, 0.6) is 0 Å². The Morgan fingerprint density at radius 1 is 1.50 bits per heavy atom. The van der Waals surface area contributed by atoms with Crippen LogP contribution >= 0.6 is 12.2 Å². The van der Waals surface area contributed by atoms with Gasteiger partial charge in [0.2, 0.25) is 0 Å². The molecule has 0 unspecified atom stereocenters. The van der Waals surface area contributed by atoms with Gasteiger partial charge in [-0.1, -0.05) is 6.07 Å². The third kappa shape index (κ3) is 4.55. The van der Waals surface area contributed by atoms with Crippen molar-refractivity contribution in [2.24, 2.45) is 0 Å². The Morgan fingerprint density at radius 3 is 2.88 bits per heavy atom. The van der Waals surface area contributed by atoms with Crippen LogP contribution in [0.3, 0.4) is 0 Å². The molecule has 0 spiro atoms. The van der Waals surface area contributed by atoms with E-state index < -0.39 is 0 Å². The van der Waals surface area contributed by atoms with E-state index >= 15 is 0 Å². The zero-order valence-electron chi connectivity index (χ0n) is 9.95. The van der Waals surface area contributed by atoms with E-state index in [0.717, 1.165) is 24.5 Å². The smallest absolute Gasteiger partial charge is 0.171 e. The molecular weight excluding hydrogens is 220 g/mol. The number of thiocarbonyl (C=S) groups is 1. The first kappa shape index (κ1) is 12.9. The van der Waals surface area contributed by atoms with Crippen molar-refractivity contribution in [2.75, 3.05) is 32.5 Å². The molecule has 0 aliphatic carbocycles. The van der Waals surface area contributed by atoms with Crippen molar-refractivity contribution in [3.63, 3.8) is 0 Å². The molecular formula is C11H18N4S. The Labute approximate surface area is 102 Å². The number of likely N-dealkylation sites (N-methyl/N-ethyl adjacent to an activating group) is 1. The Hall–Kier alpha value is -1.20. The number of nitrogens with one attached hydrogen (secondary N) is 2. The van der Waals surface area contributed by atoms with Crippen molar-refractivity contribution < 1.29 is 0 Å². The Morgan fingerprint density at radius 2 is 2.25 bits per heavy atom. The summed E-state index contributed by atoms with van der Waals surface area (Å²) in [7, 11) is 4.06. The summed E-state index contributed by atoms with van der Waals surface area (Å²) in [5, 5.41) is 6.82. The topological polar surface area (TPSA) is 40.2 Å². The first-order valence-corrected chi connectivity index (χ1v) is 5.61. The van der Waals surface area contributed by atoms with Gasteiger partial charge in [0.15, 0.2) is 5.11 Å². The molecule has 0 saturated heterocycles. The number of anilines is 1. The first-order valence-electron chi connectivity index (χ1n) is 5.21. The Kier molecular flexibility index (Phi) is 5.14. The van der Waals surface area contributed by atoms with Crippen LogP contribution in [0.25, 0.3) is 0 Å². The van der Waals surface area contributed by atoms with Gasteiger partial charge < -0.3 is 15.5 Å². The number of nitrogens with zero attached hydrogens (tertiary/aromatic N) is 2. The van der Waals surface area contributed by atoms with E-state index in [1.807, 2.05) is 33.2 Å². The highest BCUT2D eigenvalue weighted by Crippen LogP contribution is 2.08. The van der Waals surface area contributed by atoms with Gasteiger partial charge >= 0.3 is 0 Å². The lowest BCUT2D eigenvalue weighted by Gasteiger charge is -2.13. The maximum Gasteiger partial charge on any atom is 0.171 e. The molecule has 0 aromatic carbocycles. The van der Waals surface area contributed by atoms with Gasteiger partial charge in [-0.15, -0.1) is 0 Å². The fraction of sp³-hybridized carbons (Fsp3) is 0.455. The number of pyridine rings is 1. The fourth-order valence-electron chi connectivity index (χ4n) is 1.16. The van der Waals surface area contributed by atoms with E-state index in [1.165, 1.54) is 0 Å². The SMILES string of the molecule is Cc1cccnc1NC(=S)NCCN(C)C. The van der Waals surface area contributed by atoms with Crippen LogP contribution in [0, 0.1) is 6.92 Å². The predicted molar refractivity (Wildman–Crippen MR) is 71.8 cm³/mol. The lowest BCUT2D eigenvalue weighted by Crippen LogP contribution is -2.34. The van der Waals surface area contributed by atoms with Gasteiger partial charge in [-0.2, -0.15) is 0 Å². The van der Waals surface area contributed by atoms with Crippen LogP contribution < -0.4 is 10.6 Å². The van der Waals surface area contributed by atoms with Crippen LogP contribution in [0.2, 0.25) is 0 Å². The minimum Gasteiger partial charge on any atom is -0.361 e. The van der Waals surface area contributed by atoms with Gasteiger partial charge in [0.1, 0.15) is 5.82 Å². The third-order valence-electron chi connectivity index (χ3n) is 2.09. The van der Waals surface area contributed by atoms with Crippen molar-refractivity contribution in [1.29, 1.82) is 0 Å². The standard InChI is InChI=1S/C11H18N4S/c1-9-5-4-6-12-10(9)14-11(16)13-7-8-15(2)3/h4-6H,7-8H2,1-3H3,(H2,12,13,14,16). The molecule has 0 bridgehead atoms. The second-order valence-corrected chi connectivity index (χ2v) is 4.26. The molecule has 4 nitrogen and oxygen atoms in total. The highest BCUT2D eigenvalue weighted by Gasteiger charge is 2.00. The zero-order valence-corrected chi connectivity index (χ0v) is 10.8. The molecule has 16 heavy (non-hydrogen) atoms. The van der Waals surface area contributed by atoms with Gasteiger partial charge in [-0.25, -0.2) is 4.98 Å². The van der Waals surface area contributed by atoms with Crippen molar-refractivity contribution in [3.8, 4) is 0 Å². The average molecular weight is 238 g/mol. The zero-order chi connectivity index (χ0) is 12.0. The summed E-state index contributed by atoms with van der Waals surface area (Å²) < 4.78 is 0. The molecule has 0 radical (unpaired) electrons. The summed E-state index contributed by atoms with van der Waals surface area (Å²) in [5.74, 6) is 0.810. The number of hydrogen-bond acceptors (Lipinski definition) is 3.